The summed E-state index contributed by atoms with van der Waals surface area (Å²) in [6.45, 7) is 0. The van der Waals surface area contributed by atoms with Gasteiger partial charge in [0.05, 0.1) is 11.8 Å². The van der Waals surface area contributed by atoms with Gasteiger partial charge < -0.3 is 10.6 Å². The largest absolute Gasteiger partial charge is 0.304 e. The van der Waals surface area contributed by atoms with Crippen LogP contribution in [0.25, 0.3) is 0 Å². The number of amides is 2. The number of hydrogen-bond donors (Lipinski definition) is 2. The van der Waals surface area contributed by atoms with Crippen LogP contribution in [0.2, 0.25) is 0 Å². The predicted octanol–water partition coefficient (Wildman–Crippen LogP) is 5.61. The van der Waals surface area contributed by atoms with E-state index in [1.165, 1.54) is 0 Å². The molecule has 5 aromatic rings. The van der Waals surface area contributed by atoms with E-state index in [1.807, 2.05) is 121 Å². The van der Waals surface area contributed by atoms with Crippen molar-refractivity contribution in [2.75, 3.05) is 10.6 Å². The minimum atomic E-state index is -0.593. The predicted molar refractivity (Wildman–Crippen MR) is 141 cm³/mol. The molecule has 0 saturated heterocycles. The maximum absolute atomic E-state index is 13.5. The summed E-state index contributed by atoms with van der Waals surface area (Å²) < 4.78 is 4.90. The van der Waals surface area contributed by atoms with Crippen molar-refractivity contribution in [1.29, 1.82) is 0 Å². The summed E-state index contributed by atoms with van der Waals surface area (Å²) in [6.07, 6.45) is 0. The van der Waals surface area contributed by atoms with Crippen molar-refractivity contribution in [2.45, 2.75) is 11.8 Å². The second-order valence-corrected chi connectivity index (χ2v) is 8.45. The molecule has 0 bridgehead atoms. The van der Waals surface area contributed by atoms with Crippen molar-refractivity contribution in [3.63, 3.8) is 0 Å². The first kappa shape index (κ1) is 23.7. The van der Waals surface area contributed by atoms with E-state index in [0.29, 0.717) is 0 Å². The van der Waals surface area contributed by atoms with Crippen molar-refractivity contribution in [1.82, 2.24) is 10.3 Å². The molecule has 0 aliphatic rings. The number of carbonyl (C=O) groups excluding carboxylic acids is 2. The number of hydrogen-bond acceptors (Lipinski definition) is 5. The van der Waals surface area contributed by atoms with E-state index in [4.69, 9.17) is 4.63 Å². The molecule has 0 aliphatic carbocycles. The highest BCUT2D eigenvalue weighted by molar-refractivity contribution is 6.03. The van der Waals surface area contributed by atoms with Crippen LogP contribution in [0.1, 0.15) is 34.1 Å². The number of carbonyl (C=O) groups is 2. The highest BCUT2D eigenvalue weighted by Gasteiger charge is 2.28. The third-order valence-electron chi connectivity index (χ3n) is 6.03. The first-order valence-electron chi connectivity index (χ1n) is 11.8. The molecule has 182 valence electrons. The SMILES string of the molecule is O=C(Nc1nonc1NC(=O)C(c1ccccc1)c1ccccc1)C(c1ccccc1)c1ccccc1. The Balaban J connectivity index is 1.40. The minimum absolute atomic E-state index is 0.0371. The zero-order valence-corrected chi connectivity index (χ0v) is 19.8. The van der Waals surface area contributed by atoms with Crippen molar-refractivity contribution in [3.05, 3.63) is 144 Å². The Kier molecular flexibility index (Phi) is 7.13. The lowest BCUT2D eigenvalue weighted by Gasteiger charge is -2.18. The zero-order valence-electron chi connectivity index (χ0n) is 19.8. The molecule has 37 heavy (non-hydrogen) atoms. The van der Waals surface area contributed by atoms with Crippen LogP contribution in [-0.4, -0.2) is 22.1 Å². The van der Waals surface area contributed by atoms with Gasteiger partial charge >= 0.3 is 0 Å². The first-order chi connectivity index (χ1) is 18.2. The lowest BCUT2D eigenvalue weighted by atomic mass is 9.90. The van der Waals surface area contributed by atoms with E-state index in [2.05, 4.69) is 20.9 Å². The van der Waals surface area contributed by atoms with E-state index in [0.717, 1.165) is 22.3 Å². The molecule has 0 unspecified atom stereocenters. The zero-order chi connectivity index (χ0) is 25.5. The number of benzene rings is 4. The summed E-state index contributed by atoms with van der Waals surface area (Å²) in [7, 11) is 0. The van der Waals surface area contributed by atoms with Crippen LogP contribution in [0.3, 0.4) is 0 Å². The van der Waals surface area contributed by atoms with Crippen molar-refractivity contribution in [2.24, 2.45) is 0 Å². The molecule has 4 aromatic carbocycles. The third-order valence-corrected chi connectivity index (χ3v) is 6.03. The fourth-order valence-electron chi connectivity index (χ4n) is 4.30. The number of nitrogens with zero attached hydrogens (tertiary/aromatic N) is 2. The van der Waals surface area contributed by atoms with Gasteiger partial charge in [0, 0.05) is 0 Å². The molecule has 1 aromatic heterocycles. The van der Waals surface area contributed by atoms with Gasteiger partial charge in [-0.1, -0.05) is 121 Å². The van der Waals surface area contributed by atoms with Gasteiger partial charge in [-0.3, -0.25) is 9.59 Å². The van der Waals surface area contributed by atoms with E-state index in [1.54, 1.807) is 0 Å². The topological polar surface area (TPSA) is 97.1 Å². The summed E-state index contributed by atoms with van der Waals surface area (Å²) in [5, 5.41) is 13.3. The Hall–Kier alpha value is -5.04. The van der Waals surface area contributed by atoms with Gasteiger partial charge in [0.2, 0.25) is 23.5 Å². The van der Waals surface area contributed by atoms with Gasteiger partial charge in [-0.25, -0.2) is 4.63 Å². The molecule has 5 rings (SSSR count). The molecule has 1 heterocycles. The van der Waals surface area contributed by atoms with Crippen LogP contribution >= 0.6 is 0 Å². The van der Waals surface area contributed by atoms with Crippen molar-refractivity contribution in [3.8, 4) is 0 Å². The van der Waals surface area contributed by atoms with Gasteiger partial charge in [0.15, 0.2) is 0 Å². The fourth-order valence-corrected chi connectivity index (χ4v) is 4.30. The van der Waals surface area contributed by atoms with Gasteiger partial charge in [-0.2, -0.15) is 0 Å². The molecular formula is C30H24N4O3. The van der Waals surface area contributed by atoms with E-state index in [9.17, 15) is 9.59 Å². The number of aromatic nitrogens is 2. The summed E-state index contributed by atoms with van der Waals surface area (Å²) >= 11 is 0. The Labute approximate surface area is 214 Å². The maximum atomic E-state index is 13.5. The summed E-state index contributed by atoms with van der Waals surface area (Å²) in [6, 6.07) is 37.8. The molecule has 0 aliphatic heterocycles. The van der Waals surface area contributed by atoms with Crippen LogP contribution in [0.15, 0.2) is 126 Å². The van der Waals surface area contributed by atoms with Crippen LogP contribution in [0, 0.1) is 0 Å². The molecule has 7 nitrogen and oxygen atoms in total. The highest BCUT2D eigenvalue weighted by Crippen LogP contribution is 2.29. The van der Waals surface area contributed by atoms with Crippen LogP contribution in [0.5, 0.6) is 0 Å². The Morgan fingerprint density at radius 2 is 0.757 bits per heavy atom. The van der Waals surface area contributed by atoms with Gasteiger partial charge in [-0.15, -0.1) is 0 Å². The van der Waals surface area contributed by atoms with Crippen LogP contribution in [-0.2, 0) is 9.59 Å². The van der Waals surface area contributed by atoms with Gasteiger partial charge in [0.1, 0.15) is 0 Å². The van der Waals surface area contributed by atoms with Crippen molar-refractivity contribution < 1.29 is 14.2 Å². The number of anilines is 2. The summed E-state index contributed by atoms with van der Waals surface area (Å²) in [4.78, 5) is 27.0. The van der Waals surface area contributed by atoms with Gasteiger partial charge in [0.25, 0.3) is 0 Å². The molecule has 2 N–H and O–H groups in total. The second kappa shape index (κ2) is 11.1. The Morgan fingerprint density at radius 3 is 1.03 bits per heavy atom. The Bertz CT molecular complexity index is 1270. The van der Waals surface area contributed by atoms with Gasteiger partial charge in [-0.05, 0) is 32.6 Å². The van der Waals surface area contributed by atoms with Crippen LogP contribution < -0.4 is 10.6 Å². The van der Waals surface area contributed by atoms with Crippen molar-refractivity contribution >= 4 is 23.5 Å². The smallest absolute Gasteiger partial charge is 0.237 e. The summed E-state index contributed by atoms with van der Waals surface area (Å²) in [5.74, 6) is -1.77. The number of nitrogens with one attached hydrogen (secondary N) is 2. The van der Waals surface area contributed by atoms with E-state index < -0.39 is 11.8 Å². The standard InChI is InChI=1S/C30H24N4O3/c35-29(25(21-13-5-1-6-14-21)22-15-7-2-8-16-22)31-27-28(34-37-33-27)32-30(36)26(23-17-9-3-10-18-23)24-19-11-4-12-20-24/h1-20,25-26H,(H,31,33,35)(H,32,34,36). The molecule has 0 atom stereocenters. The molecule has 0 spiro atoms. The molecule has 7 heteroatoms. The molecule has 0 fully saturated rings. The monoisotopic (exact) mass is 488 g/mol. The number of rotatable bonds is 8. The quantitative estimate of drug-likeness (QED) is 0.296. The summed E-state index contributed by atoms with van der Waals surface area (Å²) in [5.41, 5.74) is 3.28. The molecule has 2 amide bonds. The normalized spacial score (nSPS) is 10.9. The average molecular weight is 489 g/mol. The molecular weight excluding hydrogens is 464 g/mol. The molecule has 0 radical (unpaired) electrons. The third kappa shape index (κ3) is 5.46. The van der Waals surface area contributed by atoms with E-state index in [-0.39, 0.29) is 23.5 Å². The minimum Gasteiger partial charge on any atom is -0.304 e. The fraction of sp³-hybridized carbons (Fsp3) is 0.0667. The maximum Gasteiger partial charge on any atom is 0.237 e. The molecule has 0 saturated carbocycles. The average Bonchev–Trinajstić information content (AvgIpc) is 3.37. The highest BCUT2D eigenvalue weighted by atomic mass is 16.6. The Morgan fingerprint density at radius 1 is 0.486 bits per heavy atom. The lowest BCUT2D eigenvalue weighted by molar-refractivity contribution is -0.117. The first-order valence-corrected chi connectivity index (χ1v) is 11.8. The van der Waals surface area contributed by atoms with E-state index >= 15 is 0 Å². The lowest BCUT2D eigenvalue weighted by Crippen LogP contribution is -2.25. The van der Waals surface area contributed by atoms with Crippen LogP contribution in [0.4, 0.5) is 11.6 Å². The second-order valence-electron chi connectivity index (χ2n) is 8.45.